The lowest BCUT2D eigenvalue weighted by Gasteiger charge is -2.06. The first-order valence-corrected chi connectivity index (χ1v) is 6.92. The van der Waals surface area contributed by atoms with Crippen LogP contribution in [0.3, 0.4) is 0 Å². The van der Waals surface area contributed by atoms with Gasteiger partial charge in [-0.2, -0.15) is 5.10 Å². The fourth-order valence-electron chi connectivity index (χ4n) is 1.93. The molecule has 1 aromatic carbocycles. The van der Waals surface area contributed by atoms with Gasteiger partial charge in [0.15, 0.2) is 5.69 Å². The van der Waals surface area contributed by atoms with Crippen LogP contribution in [0.5, 0.6) is 0 Å². The van der Waals surface area contributed by atoms with Gasteiger partial charge in [0.2, 0.25) is 0 Å². The van der Waals surface area contributed by atoms with E-state index in [4.69, 9.17) is 11.6 Å². The molecule has 1 aliphatic rings. The Hall–Kier alpha value is -1.94. The Morgan fingerprint density at radius 3 is 2.65 bits per heavy atom. The number of rotatable bonds is 3. The second-order valence-corrected chi connectivity index (χ2v) is 5.44. The van der Waals surface area contributed by atoms with Gasteiger partial charge in [0.05, 0.1) is 5.69 Å². The van der Waals surface area contributed by atoms with Crippen molar-refractivity contribution in [3.63, 3.8) is 0 Å². The zero-order valence-corrected chi connectivity index (χ0v) is 11.8. The molecule has 1 N–H and O–H groups in total. The topological polar surface area (TPSA) is 54.9 Å². The number of aromatic nitrogens is 2. The summed E-state index contributed by atoms with van der Waals surface area (Å²) in [4.78, 5) is 12.1. The van der Waals surface area contributed by atoms with Gasteiger partial charge < -0.3 is 5.32 Å². The van der Waals surface area contributed by atoms with E-state index in [0.29, 0.717) is 22.3 Å². The molecule has 0 radical (unpaired) electrons. The highest BCUT2D eigenvalue weighted by molar-refractivity contribution is 6.31. The number of aryl methyl sites for hydroxylation is 1. The largest absolute Gasteiger partial charge is 0.321 e. The van der Waals surface area contributed by atoms with E-state index in [-0.39, 0.29) is 5.91 Å². The molecule has 0 unspecified atom stereocenters. The highest BCUT2D eigenvalue weighted by atomic mass is 35.5. The third-order valence-electron chi connectivity index (χ3n) is 3.34. The Morgan fingerprint density at radius 1 is 1.25 bits per heavy atom. The van der Waals surface area contributed by atoms with E-state index in [0.717, 1.165) is 11.3 Å². The Balaban J connectivity index is 1.73. The van der Waals surface area contributed by atoms with Gasteiger partial charge in [-0.25, -0.2) is 0 Å². The summed E-state index contributed by atoms with van der Waals surface area (Å²) in [7, 11) is 0. The molecule has 0 saturated heterocycles. The molecule has 0 aliphatic heterocycles. The Kier molecular flexibility index (Phi) is 3.40. The maximum atomic E-state index is 12.1. The number of anilines is 1. The summed E-state index contributed by atoms with van der Waals surface area (Å²) in [5.74, 6) is 0.260. The van der Waals surface area contributed by atoms with Crippen molar-refractivity contribution in [1.29, 1.82) is 0 Å². The quantitative estimate of drug-likeness (QED) is 0.939. The summed E-state index contributed by atoms with van der Waals surface area (Å²) in [6, 6.07) is 8.99. The summed E-state index contributed by atoms with van der Waals surface area (Å²) in [6.07, 6.45) is 2.34. The molecular formula is C15H14ClN3O. The second kappa shape index (κ2) is 5.21. The summed E-state index contributed by atoms with van der Waals surface area (Å²) >= 11 is 6.03. The molecule has 102 valence electrons. The maximum Gasteiger partial charge on any atom is 0.276 e. The molecule has 0 atom stereocenters. The smallest absolute Gasteiger partial charge is 0.276 e. The van der Waals surface area contributed by atoms with Crippen LogP contribution < -0.4 is 5.32 Å². The summed E-state index contributed by atoms with van der Waals surface area (Å²) in [6.45, 7) is 1.91. The van der Waals surface area contributed by atoms with Crippen LogP contribution in [0.15, 0.2) is 30.3 Å². The van der Waals surface area contributed by atoms with Crippen molar-refractivity contribution >= 4 is 23.2 Å². The summed E-state index contributed by atoms with van der Waals surface area (Å²) in [5.41, 5.74) is 2.91. The van der Waals surface area contributed by atoms with E-state index >= 15 is 0 Å². The Bertz CT molecular complexity index is 651. The van der Waals surface area contributed by atoms with Gasteiger partial charge in [0.25, 0.3) is 5.91 Å². The van der Waals surface area contributed by atoms with E-state index in [2.05, 4.69) is 15.5 Å². The minimum absolute atomic E-state index is 0.278. The first kappa shape index (κ1) is 13.1. The fraction of sp³-hybridized carbons (Fsp3) is 0.267. The predicted octanol–water partition coefficient (Wildman–Crippen LogP) is 3.57. The first-order chi connectivity index (χ1) is 9.63. The van der Waals surface area contributed by atoms with E-state index in [1.165, 1.54) is 12.8 Å². The number of nitrogens with one attached hydrogen (secondary N) is 1. The predicted molar refractivity (Wildman–Crippen MR) is 78.1 cm³/mol. The van der Waals surface area contributed by atoms with Crippen molar-refractivity contribution in [1.82, 2.24) is 10.2 Å². The van der Waals surface area contributed by atoms with Crippen molar-refractivity contribution in [3.05, 3.63) is 52.3 Å². The molecule has 1 fully saturated rings. The van der Waals surface area contributed by atoms with Gasteiger partial charge in [-0.15, -0.1) is 5.10 Å². The summed E-state index contributed by atoms with van der Waals surface area (Å²) in [5, 5.41) is 11.5. The lowest BCUT2D eigenvalue weighted by Crippen LogP contribution is -2.14. The van der Waals surface area contributed by atoms with E-state index < -0.39 is 0 Å². The van der Waals surface area contributed by atoms with E-state index in [1.807, 2.05) is 25.1 Å². The Morgan fingerprint density at radius 2 is 2.05 bits per heavy atom. The molecule has 1 aromatic heterocycles. The van der Waals surface area contributed by atoms with Gasteiger partial charge in [0, 0.05) is 16.6 Å². The van der Waals surface area contributed by atoms with Crippen molar-refractivity contribution in [3.8, 4) is 0 Å². The molecule has 1 heterocycles. The number of carbonyl (C=O) groups is 1. The first-order valence-electron chi connectivity index (χ1n) is 6.54. The van der Waals surface area contributed by atoms with Crippen molar-refractivity contribution in [2.45, 2.75) is 25.7 Å². The van der Waals surface area contributed by atoms with Crippen molar-refractivity contribution in [2.75, 3.05) is 5.32 Å². The standard InChI is InChI=1S/C15H14ClN3O/c1-9-2-5-11(8-12(9)16)17-15(20)14-7-6-13(18-19-14)10-3-4-10/h2,5-8,10H,3-4H2,1H3,(H,17,20). The van der Waals surface area contributed by atoms with Crippen LogP contribution in [0.25, 0.3) is 0 Å². The lowest BCUT2D eigenvalue weighted by atomic mass is 10.2. The van der Waals surface area contributed by atoms with Crippen LogP contribution in [0.4, 0.5) is 5.69 Å². The molecule has 20 heavy (non-hydrogen) atoms. The SMILES string of the molecule is Cc1ccc(NC(=O)c2ccc(C3CC3)nn2)cc1Cl. The Labute approximate surface area is 122 Å². The van der Waals surface area contributed by atoms with E-state index in [9.17, 15) is 4.79 Å². The number of halogens is 1. The minimum atomic E-state index is -0.278. The van der Waals surface area contributed by atoms with Gasteiger partial charge in [0.1, 0.15) is 0 Å². The zero-order valence-electron chi connectivity index (χ0n) is 11.1. The average molecular weight is 288 g/mol. The molecule has 3 rings (SSSR count). The van der Waals surface area contributed by atoms with Gasteiger partial charge in [-0.1, -0.05) is 17.7 Å². The van der Waals surface area contributed by atoms with Crippen LogP contribution in [0, 0.1) is 6.92 Å². The number of nitrogens with zero attached hydrogens (tertiary/aromatic N) is 2. The third-order valence-corrected chi connectivity index (χ3v) is 3.75. The van der Waals surface area contributed by atoms with Crippen LogP contribution in [0.1, 0.15) is 40.5 Å². The molecule has 5 heteroatoms. The highest BCUT2D eigenvalue weighted by Crippen LogP contribution is 2.38. The van der Waals surface area contributed by atoms with Gasteiger partial charge in [-0.3, -0.25) is 4.79 Å². The number of benzene rings is 1. The monoisotopic (exact) mass is 287 g/mol. The third kappa shape index (κ3) is 2.80. The van der Waals surface area contributed by atoms with Crippen LogP contribution in [-0.2, 0) is 0 Å². The van der Waals surface area contributed by atoms with Crippen LogP contribution in [0.2, 0.25) is 5.02 Å². The fourth-order valence-corrected chi connectivity index (χ4v) is 2.11. The lowest BCUT2D eigenvalue weighted by molar-refractivity contribution is 0.102. The molecule has 0 spiro atoms. The maximum absolute atomic E-state index is 12.1. The average Bonchev–Trinajstić information content (AvgIpc) is 3.28. The number of hydrogen-bond acceptors (Lipinski definition) is 3. The molecule has 0 bridgehead atoms. The van der Waals surface area contributed by atoms with Crippen molar-refractivity contribution < 1.29 is 4.79 Å². The van der Waals surface area contributed by atoms with E-state index in [1.54, 1.807) is 12.1 Å². The number of amides is 1. The molecule has 2 aromatic rings. The molecule has 4 nitrogen and oxygen atoms in total. The van der Waals surface area contributed by atoms with Crippen LogP contribution >= 0.6 is 11.6 Å². The molecule has 1 saturated carbocycles. The van der Waals surface area contributed by atoms with Gasteiger partial charge in [-0.05, 0) is 49.6 Å². The van der Waals surface area contributed by atoms with Crippen LogP contribution in [-0.4, -0.2) is 16.1 Å². The van der Waals surface area contributed by atoms with Gasteiger partial charge >= 0.3 is 0 Å². The minimum Gasteiger partial charge on any atom is -0.321 e. The zero-order chi connectivity index (χ0) is 14.1. The number of hydrogen-bond donors (Lipinski definition) is 1. The molecule has 1 amide bonds. The second-order valence-electron chi connectivity index (χ2n) is 5.04. The normalized spacial score (nSPS) is 14.1. The summed E-state index contributed by atoms with van der Waals surface area (Å²) < 4.78 is 0. The molecule has 1 aliphatic carbocycles. The number of carbonyl (C=O) groups excluding carboxylic acids is 1. The molecular weight excluding hydrogens is 274 g/mol. The van der Waals surface area contributed by atoms with Crippen molar-refractivity contribution in [2.24, 2.45) is 0 Å². The highest BCUT2D eigenvalue weighted by Gasteiger charge is 2.25.